The molecule has 2 rings (SSSR count). The van der Waals surface area contributed by atoms with Gasteiger partial charge in [-0.3, -0.25) is 4.79 Å². The number of carbonyl (C=O) groups excluding carboxylic acids is 1. The SMILES string of the molecule is CC(C)n1cnnc1S[C@@H](C)C(=O)Nc1cc(Cl)cc(Cl)c1. The molecule has 8 heteroatoms. The van der Waals surface area contributed by atoms with E-state index >= 15 is 0 Å². The van der Waals surface area contributed by atoms with Gasteiger partial charge in [0, 0.05) is 21.8 Å². The molecule has 2 aromatic rings. The van der Waals surface area contributed by atoms with Crippen LogP contribution in [0.2, 0.25) is 10.0 Å². The summed E-state index contributed by atoms with van der Waals surface area (Å²) >= 11 is 13.2. The molecule has 5 nitrogen and oxygen atoms in total. The van der Waals surface area contributed by atoms with Crippen LogP contribution in [0.3, 0.4) is 0 Å². The fourth-order valence-corrected chi connectivity index (χ4v) is 3.23. The number of anilines is 1. The van der Waals surface area contributed by atoms with Crippen LogP contribution in [0.25, 0.3) is 0 Å². The molecule has 0 saturated carbocycles. The molecule has 22 heavy (non-hydrogen) atoms. The molecule has 0 saturated heterocycles. The minimum atomic E-state index is -0.334. The Morgan fingerprint density at radius 1 is 1.23 bits per heavy atom. The monoisotopic (exact) mass is 358 g/mol. The Morgan fingerprint density at radius 2 is 1.86 bits per heavy atom. The van der Waals surface area contributed by atoms with Gasteiger partial charge >= 0.3 is 0 Å². The molecule has 1 heterocycles. The molecular formula is C14H16Cl2N4OS. The Morgan fingerprint density at radius 3 is 2.45 bits per heavy atom. The van der Waals surface area contributed by atoms with Crippen molar-refractivity contribution in [3.8, 4) is 0 Å². The Labute approximate surface area is 143 Å². The summed E-state index contributed by atoms with van der Waals surface area (Å²) in [7, 11) is 0. The zero-order chi connectivity index (χ0) is 16.3. The molecule has 0 fully saturated rings. The smallest absolute Gasteiger partial charge is 0.237 e. The lowest BCUT2D eigenvalue weighted by molar-refractivity contribution is -0.115. The Kier molecular flexibility index (Phi) is 5.72. The highest BCUT2D eigenvalue weighted by atomic mass is 35.5. The van der Waals surface area contributed by atoms with E-state index in [0.29, 0.717) is 20.9 Å². The van der Waals surface area contributed by atoms with Crippen molar-refractivity contribution in [1.82, 2.24) is 14.8 Å². The minimum absolute atomic E-state index is 0.151. The molecule has 0 unspecified atom stereocenters. The first-order valence-corrected chi connectivity index (χ1v) is 8.33. The highest BCUT2D eigenvalue weighted by molar-refractivity contribution is 8.00. The van der Waals surface area contributed by atoms with Crippen molar-refractivity contribution in [3.63, 3.8) is 0 Å². The quantitative estimate of drug-likeness (QED) is 0.810. The summed E-state index contributed by atoms with van der Waals surface area (Å²) in [6, 6.07) is 5.15. The number of aromatic nitrogens is 3. The molecule has 0 aliphatic heterocycles. The molecule has 0 aliphatic rings. The summed E-state index contributed by atoms with van der Waals surface area (Å²) in [5, 5.41) is 12.1. The van der Waals surface area contributed by atoms with E-state index in [0.717, 1.165) is 0 Å². The van der Waals surface area contributed by atoms with Gasteiger partial charge in [-0.05, 0) is 39.0 Å². The van der Waals surface area contributed by atoms with E-state index in [1.165, 1.54) is 11.8 Å². The highest BCUT2D eigenvalue weighted by Gasteiger charge is 2.19. The Balaban J connectivity index is 2.04. The van der Waals surface area contributed by atoms with Gasteiger partial charge in [0.25, 0.3) is 0 Å². The van der Waals surface area contributed by atoms with Crippen molar-refractivity contribution in [2.24, 2.45) is 0 Å². The molecule has 0 bridgehead atoms. The first kappa shape index (κ1) is 17.1. The zero-order valence-corrected chi connectivity index (χ0v) is 14.7. The number of nitrogens with zero attached hydrogens (tertiary/aromatic N) is 3. The molecule has 0 spiro atoms. The van der Waals surface area contributed by atoms with Crippen LogP contribution in [-0.2, 0) is 4.79 Å². The van der Waals surface area contributed by atoms with Crippen molar-refractivity contribution in [2.45, 2.75) is 37.2 Å². The lowest BCUT2D eigenvalue weighted by Gasteiger charge is -2.14. The number of halogens is 2. The molecule has 118 valence electrons. The Hall–Kier alpha value is -1.24. The molecule has 1 atom stereocenters. The maximum atomic E-state index is 12.3. The number of rotatable bonds is 5. The summed E-state index contributed by atoms with van der Waals surface area (Å²) in [5.74, 6) is -0.151. The van der Waals surface area contributed by atoms with Crippen molar-refractivity contribution in [2.75, 3.05) is 5.32 Å². The maximum absolute atomic E-state index is 12.3. The van der Waals surface area contributed by atoms with Gasteiger partial charge in [-0.2, -0.15) is 0 Å². The van der Waals surface area contributed by atoms with Crippen LogP contribution in [0.15, 0.2) is 29.7 Å². The predicted molar refractivity (Wildman–Crippen MR) is 90.8 cm³/mol. The largest absolute Gasteiger partial charge is 0.325 e. The van der Waals surface area contributed by atoms with Gasteiger partial charge in [0.05, 0.1) is 5.25 Å². The molecule has 1 amide bonds. The number of nitrogens with one attached hydrogen (secondary N) is 1. The lowest BCUT2D eigenvalue weighted by atomic mass is 10.3. The number of thioether (sulfide) groups is 1. The van der Waals surface area contributed by atoms with Crippen molar-refractivity contribution < 1.29 is 4.79 Å². The molecule has 1 aromatic carbocycles. The Bertz CT molecular complexity index is 654. The second-order valence-electron chi connectivity index (χ2n) is 5.02. The van der Waals surface area contributed by atoms with Crippen LogP contribution < -0.4 is 5.32 Å². The predicted octanol–water partition coefficient (Wildman–Crippen LogP) is 4.29. The van der Waals surface area contributed by atoms with E-state index in [2.05, 4.69) is 15.5 Å². The van der Waals surface area contributed by atoms with Crippen LogP contribution in [0.1, 0.15) is 26.8 Å². The van der Waals surface area contributed by atoms with Gasteiger partial charge in [-0.25, -0.2) is 0 Å². The summed E-state index contributed by atoms with van der Waals surface area (Å²) in [6.45, 7) is 5.88. The van der Waals surface area contributed by atoms with Gasteiger partial charge in [-0.1, -0.05) is 35.0 Å². The van der Waals surface area contributed by atoms with Crippen LogP contribution in [0.5, 0.6) is 0 Å². The maximum Gasteiger partial charge on any atom is 0.237 e. The van der Waals surface area contributed by atoms with Gasteiger partial charge in [0.2, 0.25) is 5.91 Å². The van der Waals surface area contributed by atoms with E-state index in [1.54, 1.807) is 24.5 Å². The molecule has 1 N–H and O–H groups in total. The summed E-state index contributed by atoms with van der Waals surface area (Å²) in [6.07, 6.45) is 1.66. The first-order valence-electron chi connectivity index (χ1n) is 6.70. The van der Waals surface area contributed by atoms with E-state index in [-0.39, 0.29) is 17.2 Å². The zero-order valence-electron chi connectivity index (χ0n) is 12.4. The second kappa shape index (κ2) is 7.35. The van der Waals surface area contributed by atoms with Crippen molar-refractivity contribution in [3.05, 3.63) is 34.6 Å². The fourth-order valence-electron chi connectivity index (χ4n) is 1.75. The number of carbonyl (C=O) groups is 1. The van der Waals surface area contributed by atoms with E-state index in [1.807, 2.05) is 25.3 Å². The second-order valence-corrected chi connectivity index (χ2v) is 7.20. The highest BCUT2D eigenvalue weighted by Crippen LogP contribution is 2.26. The van der Waals surface area contributed by atoms with Crippen LogP contribution in [0.4, 0.5) is 5.69 Å². The fraction of sp³-hybridized carbons (Fsp3) is 0.357. The normalized spacial score (nSPS) is 12.5. The number of benzene rings is 1. The molecule has 0 aliphatic carbocycles. The van der Waals surface area contributed by atoms with Gasteiger partial charge in [-0.15, -0.1) is 10.2 Å². The third-order valence-corrected chi connectivity index (χ3v) is 4.39. The molecule has 1 aromatic heterocycles. The van der Waals surface area contributed by atoms with E-state index in [9.17, 15) is 4.79 Å². The average molecular weight is 359 g/mol. The van der Waals surface area contributed by atoms with Gasteiger partial charge in [0.1, 0.15) is 6.33 Å². The standard InChI is InChI=1S/C14H16Cl2N4OS/c1-8(2)20-7-17-19-14(20)22-9(3)13(21)18-12-5-10(15)4-11(16)6-12/h4-9H,1-3H3,(H,18,21)/t9-/m0/s1. The topological polar surface area (TPSA) is 59.8 Å². The molecular weight excluding hydrogens is 343 g/mol. The van der Waals surface area contributed by atoms with E-state index < -0.39 is 0 Å². The number of hydrogen-bond donors (Lipinski definition) is 1. The van der Waals surface area contributed by atoms with Gasteiger partial charge in [0.15, 0.2) is 5.16 Å². The average Bonchev–Trinajstić information content (AvgIpc) is 2.85. The van der Waals surface area contributed by atoms with Gasteiger partial charge < -0.3 is 9.88 Å². The van der Waals surface area contributed by atoms with E-state index in [4.69, 9.17) is 23.2 Å². The van der Waals surface area contributed by atoms with Crippen LogP contribution in [0, 0.1) is 0 Å². The van der Waals surface area contributed by atoms with Crippen molar-refractivity contribution in [1.29, 1.82) is 0 Å². The summed E-state index contributed by atoms with van der Waals surface area (Å²) in [4.78, 5) is 12.3. The van der Waals surface area contributed by atoms with Crippen LogP contribution >= 0.6 is 35.0 Å². The first-order chi connectivity index (χ1) is 10.4. The third kappa shape index (κ3) is 4.38. The summed E-state index contributed by atoms with van der Waals surface area (Å²) in [5.41, 5.74) is 0.570. The van der Waals surface area contributed by atoms with Crippen LogP contribution in [-0.4, -0.2) is 25.9 Å². The molecule has 0 radical (unpaired) electrons. The summed E-state index contributed by atoms with van der Waals surface area (Å²) < 4.78 is 1.92. The number of amides is 1. The third-order valence-electron chi connectivity index (χ3n) is 2.88. The minimum Gasteiger partial charge on any atom is -0.325 e. The van der Waals surface area contributed by atoms with Crippen molar-refractivity contribution >= 4 is 46.6 Å². The lowest BCUT2D eigenvalue weighted by Crippen LogP contribution is -2.23. The number of hydrogen-bond acceptors (Lipinski definition) is 4.